The molecule has 0 fully saturated rings. The van der Waals surface area contributed by atoms with Gasteiger partial charge < -0.3 is 5.32 Å². The molecule has 0 saturated heterocycles. The van der Waals surface area contributed by atoms with Gasteiger partial charge in [-0.1, -0.05) is 40.0 Å². The van der Waals surface area contributed by atoms with Crippen LogP contribution in [0.2, 0.25) is 0 Å². The summed E-state index contributed by atoms with van der Waals surface area (Å²) >= 11 is 1.39. The van der Waals surface area contributed by atoms with Gasteiger partial charge in [0.25, 0.3) is 0 Å². The average Bonchev–Trinajstić information content (AvgIpc) is 2.67. The number of nitriles is 1. The monoisotopic (exact) mass is 265 g/mol. The van der Waals surface area contributed by atoms with Crippen LogP contribution in [-0.4, -0.2) is 10.9 Å². The van der Waals surface area contributed by atoms with Crippen LogP contribution in [0.1, 0.15) is 57.7 Å². The Bertz CT molecular complexity index is 415. The van der Waals surface area contributed by atoms with E-state index in [0.29, 0.717) is 5.56 Å². The van der Waals surface area contributed by atoms with Crippen LogP contribution >= 0.6 is 11.5 Å². The van der Waals surface area contributed by atoms with Crippen molar-refractivity contribution in [3.8, 4) is 6.07 Å². The molecule has 1 rings (SSSR count). The molecule has 18 heavy (non-hydrogen) atoms. The summed E-state index contributed by atoms with van der Waals surface area (Å²) < 4.78 is 4.22. The molecule has 0 spiro atoms. The first-order chi connectivity index (χ1) is 8.50. The average molecular weight is 265 g/mol. The van der Waals surface area contributed by atoms with Gasteiger partial charge in [0, 0.05) is 6.54 Å². The molecule has 0 aliphatic heterocycles. The third kappa shape index (κ3) is 4.30. The molecule has 0 aliphatic rings. The molecular weight excluding hydrogens is 242 g/mol. The third-order valence-electron chi connectivity index (χ3n) is 3.16. The Kier molecular flexibility index (Phi) is 5.61. The molecule has 0 amide bonds. The van der Waals surface area contributed by atoms with Crippen LogP contribution in [0.3, 0.4) is 0 Å². The molecule has 100 valence electrons. The number of aromatic nitrogens is 1. The molecule has 0 bridgehead atoms. The van der Waals surface area contributed by atoms with Crippen molar-refractivity contribution in [1.82, 2.24) is 4.37 Å². The molecule has 0 atom stereocenters. The molecule has 0 saturated carbocycles. The highest BCUT2D eigenvalue weighted by Crippen LogP contribution is 2.28. The summed E-state index contributed by atoms with van der Waals surface area (Å²) in [6, 6.07) is 2.22. The SMILES string of the molecule is CCCCCC(C)(C)CNc1snc(C)c1C#N. The van der Waals surface area contributed by atoms with Crippen LogP contribution in [0.15, 0.2) is 0 Å². The van der Waals surface area contributed by atoms with Crippen molar-refractivity contribution >= 4 is 16.5 Å². The summed E-state index contributed by atoms with van der Waals surface area (Å²) in [4.78, 5) is 0. The van der Waals surface area contributed by atoms with E-state index in [1.165, 1.54) is 37.2 Å². The molecule has 1 heterocycles. The molecular formula is C14H23N3S. The zero-order valence-electron chi connectivity index (χ0n) is 11.8. The maximum atomic E-state index is 9.07. The van der Waals surface area contributed by atoms with Gasteiger partial charge >= 0.3 is 0 Å². The van der Waals surface area contributed by atoms with Crippen molar-refractivity contribution in [1.29, 1.82) is 5.26 Å². The summed E-state index contributed by atoms with van der Waals surface area (Å²) in [7, 11) is 0. The lowest BCUT2D eigenvalue weighted by Gasteiger charge is -2.25. The Morgan fingerprint density at radius 2 is 2.11 bits per heavy atom. The van der Waals surface area contributed by atoms with Crippen molar-refractivity contribution in [2.45, 2.75) is 53.4 Å². The fourth-order valence-electron chi connectivity index (χ4n) is 1.88. The fraction of sp³-hybridized carbons (Fsp3) is 0.714. The highest BCUT2D eigenvalue weighted by molar-refractivity contribution is 7.10. The van der Waals surface area contributed by atoms with Crippen molar-refractivity contribution in [3.63, 3.8) is 0 Å². The van der Waals surface area contributed by atoms with Crippen LogP contribution in [0.25, 0.3) is 0 Å². The molecule has 1 N–H and O–H groups in total. The summed E-state index contributed by atoms with van der Waals surface area (Å²) in [6.07, 6.45) is 5.05. The Balaban J connectivity index is 2.51. The second-order valence-electron chi connectivity index (χ2n) is 5.56. The number of unbranched alkanes of at least 4 members (excludes halogenated alkanes) is 2. The quantitative estimate of drug-likeness (QED) is 0.746. The van der Waals surface area contributed by atoms with Crippen molar-refractivity contribution in [2.75, 3.05) is 11.9 Å². The van der Waals surface area contributed by atoms with Gasteiger partial charge in [0.15, 0.2) is 0 Å². The van der Waals surface area contributed by atoms with Gasteiger partial charge in [0.1, 0.15) is 16.6 Å². The number of nitrogens with zero attached hydrogens (tertiary/aromatic N) is 2. The van der Waals surface area contributed by atoms with Gasteiger partial charge in [-0.2, -0.15) is 9.64 Å². The largest absolute Gasteiger partial charge is 0.374 e. The summed E-state index contributed by atoms with van der Waals surface area (Å²) in [5, 5.41) is 13.4. The smallest absolute Gasteiger partial charge is 0.127 e. The first kappa shape index (κ1) is 15.0. The van der Waals surface area contributed by atoms with E-state index in [9.17, 15) is 0 Å². The van der Waals surface area contributed by atoms with E-state index in [-0.39, 0.29) is 5.41 Å². The number of anilines is 1. The Morgan fingerprint density at radius 3 is 2.72 bits per heavy atom. The number of hydrogen-bond acceptors (Lipinski definition) is 4. The molecule has 0 unspecified atom stereocenters. The van der Waals surface area contributed by atoms with E-state index < -0.39 is 0 Å². The van der Waals surface area contributed by atoms with E-state index in [0.717, 1.165) is 17.2 Å². The molecule has 0 aliphatic carbocycles. The molecule has 1 aromatic rings. The van der Waals surface area contributed by atoms with E-state index in [1.807, 2.05) is 6.92 Å². The lowest BCUT2D eigenvalue weighted by atomic mass is 9.87. The third-order valence-corrected chi connectivity index (χ3v) is 4.06. The fourth-order valence-corrected chi connectivity index (χ4v) is 2.62. The molecule has 1 aromatic heterocycles. The zero-order chi connectivity index (χ0) is 13.6. The molecule has 0 radical (unpaired) electrons. The van der Waals surface area contributed by atoms with Gasteiger partial charge in [-0.25, -0.2) is 0 Å². The lowest BCUT2D eigenvalue weighted by molar-refractivity contribution is 0.343. The predicted octanol–water partition coefficient (Wildman–Crippen LogP) is 4.34. The second-order valence-corrected chi connectivity index (χ2v) is 6.33. The van der Waals surface area contributed by atoms with Crippen molar-refractivity contribution in [3.05, 3.63) is 11.3 Å². The zero-order valence-corrected chi connectivity index (χ0v) is 12.7. The first-order valence-electron chi connectivity index (χ1n) is 6.60. The minimum Gasteiger partial charge on any atom is -0.374 e. The predicted molar refractivity (Wildman–Crippen MR) is 78.0 cm³/mol. The van der Waals surface area contributed by atoms with Crippen LogP contribution < -0.4 is 5.32 Å². The number of nitrogens with one attached hydrogen (secondary N) is 1. The van der Waals surface area contributed by atoms with Crippen LogP contribution in [0.5, 0.6) is 0 Å². The Labute approximate surface area is 114 Å². The van der Waals surface area contributed by atoms with Crippen molar-refractivity contribution in [2.24, 2.45) is 5.41 Å². The summed E-state index contributed by atoms with van der Waals surface area (Å²) in [6.45, 7) is 9.55. The topological polar surface area (TPSA) is 48.7 Å². The molecule has 4 heteroatoms. The van der Waals surface area contributed by atoms with Gasteiger partial charge in [-0.15, -0.1) is 0 Å². The van der Waals surface area contributed by atoms with Crippen LogP contribution in [0, 0.1) is 23.7 Å². The summed E-state index contributed by atoms with van der Waals surface area (Å²) in [5.74, 6) is 0. The van der Waals surface area contributed by atoms with E-state index in [2.05, 4.69) is 36.5 Å². The lowest BCUT2D eigenvalue weighted by Crippen LogP contribution is -2.23. The standard InChI is InChI=1S/C14H23N3S/c1-5-6-7-8-14(3,4)10-16-13-12(9-15)11(2)17-18-13/h16H,5-8,10H2,1-4H3. The first-order valence-corrected chi connectivity index (χ1v) is 7.38. The number of aryl methyl sites for hydroxylation is 1. The van der Waals surface area contributed by atoms with E-state index in [1.54, 1.807) is 0 Å². The normalized spacial score (nSPS) is 11.3. The maximum absolute atomic E-state index is 9.07. The van der Waals surface area contributed by atoms with Crippen LogP contribution in [0.4, 0.5) is 5.00 Å². The Morgan fingerprint density at radius 1 is 1.39 bits per heavy atom. The van der Waals surface area contributed by atoms with Gasteiger partial charge in [-0.3, -0.25) is 0 Å². The van der Waals surface area contributed by atoms with Gasteiger partial charge in [0.05, 0.1) is 5.69 Å². The number of rotatable bonds is 7. The second kappa shape index (κ2) is 6.75. The van der Waals surface area contributed by atoms with Crippen molar-refractivity contribution < 1.29 is 0 Å². The van der Waals surface area contributed by atoms with E-state index in [4.69, 9.17) is 5.26 Å². The number of hydrogen-bond donors (Lipinski definition) is 1. The van der Waals surface area contributed by atoms with Gasteiger partial charge in [-0.05, 0) is 30.3 Å². The highest BCUT2D eigenvalue weighted by Gasteiger charge is 2.19. The van der Waals surface area contributed by atoms with Crippen LogP contribution in [-0.2, 0) is 0 Å². The Hall–Kier alpha value is -1.08. The minimum atomic E-state index is 0.264. The molecule has 0 aromatic carbocycles. The minimum absolute atomic E-state index is 0.264. The van der Waals surface area contributed by atoms with Gasteiger partial charge in [0.2, 0.25) is 0 Å². The van der Waals surface area contributed by atoms with E-state index >= 15 is 0 Å². The molecule has 3 nitrogen and oxygen atoms in total. The summed E-state index contributed by atoms with van der Waals surface area (Å²) in [5.41, 5.74) is 1.79. The maximum Gasteiger partial charge on any atom is 0.127 e. The highest BCUT2D eigenvalue weighted by atomic mass is 32.1.